The standard InChI is InChI=1S/C30H35ClN2O3/c1-5-23(4)32-30(35)28(18-24-10-7-6-8-11-24)33(19-25-12-9-13-26(31)17-25)29(34)20-36-27-15-21(2)14-22(3)16-27/h6-17,23,28H,5,18-20H2,1-4H3,(H,32,35)/t23-,28-/m0/s1. The summed E-state index contributed by atoms with van der Waals surface area (Å²) in [5, 5.41) is 3.65. The predicted molar refractivity (Wildman–Crippen MR) is 145 cm³/mol. The van der Waals surface area contributed by atoms with Gasteiger partial charge in [-0.3, -0.25) is 9.59 Å². The molecule has 1 N–H and O–H groups in total. The third-order valence-electron chi connectivity index (χ3n) is 6.07. The summed E-state index contributed by atoms with van der Waals surface area (Å²) in [6, 6.07) is 22.2. The maximum atomic E-state index is 13.7. The fourth-order valence-electron chi connectivity index (χ4n) is 4.07. The van der Waals surface area contributed by atoms with Crippen molar-refractivity contribution in [3.8, 4) is 5.75 Å². The van der Waals surface area contributed by atoms with Gasteiger partial charge in [0.2, 0.25) is 5.91 Å². The van der Waals surface area contributed by atoms with Gasteiger partial charge in [-0.05, 0) is 73.7 Å². The van der Waals surface area contributed by atoms with Crippen LogP contribution in [0.1, 0.15) is 42.5 Å². The number of hydrogen-bond acceptors (Lipinski definition) is 3. The molecule has 0 aliphatic rings. The third kappa shape index (κ3) is 8.13. The normalized spacial score (nSPS) is 12.5. The first-order valence-electron chi connectivity index (χ1n) is 12.3. The van der Waals surface area contributed by atoms with Crippen molar-refractivity contribution >= 4 is 23.4 Å². The van der Waals surface area contributed by atoms with Crippen LogP contribution in [0.4, 0.5) is 0 Å². The van der Waals surface area contributed by atoms with Crippen molar-refractivity contribution in [1.29, 1.82) is 0 Å². The van der Waals surface area contributed by atoms with Gasteiger partial charge in [-0.2, -0.15) is 0 Å². The van der Waals surface area contributed by atoms with Crippen molar-refractivity contribution in [2.75, 3.05) is 6.61 Å². The molecule has 3 aromatic carbocycles. The lowest BCUT2D eigenvalue weighted by atomic mass is 10.0. The second-order valence-corrected chi connectivity index (χ2v) is 9.72. The largest absolute Gasteiger partial charge is 0.484 e. The van der Waals surface area contributed by atoms with Crippen LogP contribution in [0.5, 0.6) is 5.75 Å². The summed E-state index contributed by atoms with van der Waals surface area (Å²) in [5.74, 6) is 0.177. The maximum absolute atomic E-state index is 13.7. The third-order valence-corrected chi connectivity index (χ3v) is 6.31. The molecule has 36 heavy (non-hydrogen) atoms. The van der Waals surface area contributed by atoms with E-state index in [2.05, 4.69) is 11.4 Å². The lowest BCUT2D eigenvalue weighted by molar-refractivity contribution is -0.143. The SMILES string of the molecule is CC[C@H](C)NC(=O)[C@H](Cc1ccccc1)N(Cc1cccc(Cl)c1)C(=O)COc1cc(C)cc(C)c1. The number of aryl methyl sites for hydroxylation is 2. The molecule has 0 heterocycles. The van der Waals surface area contributed by atoms with Crippen LogP contribution in [0, 0.1) is 13.8 Å². The van der Waals surface area contributed by atoms with Gasteiger partial charge in [0.25, 0.3) is 5.91 Å². The molecule has 0 fully saturated rings. The van der Waals surface area contributed by atoms with Crippen molar-refractivity contribution in [2.24, 2.45) is 0 Å². The zero-order valence-electron chi connectivity index (χ0n) is 21.5. The Hall–Kier alpha value is -3.31. The summed E-state index contributed by atoms with van der Waals surface area (Å²) in [4.78, 5) is 28.8. The first kappa shape index (κ1) is 27.3. The number of rotatable bonds is 11. The van der Waals surface area contributed by atoms with E-state index in [-0.39, 0.29) is 31.0 Å². The van der Waals surface area contributed by atoms with E-state index < -0.39 is 6.04 Å². The molecule has 2 atom stereocenters. The quantitative estimate of drug-likeness (QED) is 0.352. The Morgan fingerprint density at radius 2 is 1.61 bits per heavy atom. The highest BCUT2D eigenvalue weighted by molar-refractivity contribution is 6.30. The molecule has 0 aromatic heterocycles. The summed E-state index contributed by atoms with van der Waals surface area (Å²) in [6.45, 7) is 8.02. The van der Waals surface area contributed by atoms with Crippen molar-refractivity contribution < 1.29 is 14.3 Å². The fraction of sp³-hybridized carbons (Fsp3) is 0.333. The summed E-state index contributed by atoms with van der Waals surface area (Å²) in [7, 11) is 0. The molecule has 0 aliphatic carbocycles. The number of carbonyl (C=O) groups is 2. The topological polar surface area (TPSA) is 58.6 Å². The number of halogens is 1. The smallest absolute Gasteiger partial charge is 0.261 e. The Kier molecular flexibility index (Phi) is 9.95. The molecule has 0 saturated heterocycles. The van der Waals surface area contributed by atoms with Gasteiger partial charge in [0.05, 0.1) is 0 Å². The van der Waals surface area contributed by atoms with E-state index in [4.69, 9.17) is 16.3 Å². The Labute approximate surface area is 219 Å². The maximum Gasteiger partial charge on any atom is 0.261 e. The molecule has 2 amide bonds. The molecule has 0 bridgehead atoms. The fourth-order valence-corrected chi connectivity index (χ4v) is 4.28. The van der Waals surface area contributed by atoms with E-state index in [1.807, 2.05) is 88.4 Å². The van der Waals surface area contributed by atoms with E-state index in [0.717, 1.165) is 28.7 Å². The Balaban J connectivity index is 1.92. The number of benzene rings is 3. The minimum Gasteiger partial charge on any atom is -0.484 e. The van der Waals surface area contributed by atoms with E-state index in [1.54, 1.807) is 11.0 Å². The van der Waals surface area contributed by atoms with Gasteiger partial charge in [-0.1, -0.05) is 67.1 Å². The summed E-state index contributed by atoms with van der Waals surface area (Å²) < 4.78 is 5.91. The van der Waals surface area contributed by atoms with Crippen LogP contribution >= 0.6 is 11.6 Å². The van der Waals surface area contributed by atoms with Crippen LogP contribution in [-0.4, -0.2) is 35.4 Å². The summed E-state index contributed by atoms with van der Waals surface area (Å²) >= 11 is 6.23. The van der Waals surface area contributed by atoms with Crippen LogP contribution in [-0.2, 0) is 22.6 Å². The molecule has 6 heteroatoms. The van der Waals surface area contributed by atoms with Gasteiger partial charge in [0, 0.05) is 24.0 Å². The predicted octanol–water partition coefficient (Wildman–Crippen LogP) is 5.89. The Morgan fingerprint density at radius 1 is 0.944 bits per heavy atom. The van der Waals surface area contributed by atoms with Gasteiger partial charge in [-0.15, -0.1) is 0 Å². The molecular weight excluding hydrogens is 472 g/mol. The van der Waals surface area contributed by atoms with E-state index in [9.17, 15) is 9.59 Å². The van der Waals surface area contributed by atoms with Gasteiger partial charge >= 0.3 is 0 Å². The average molecular weight is 507 g/mol. The lowest BCUT2D eigenvalue weighted by Crippen LogP contribution is -2.53. The number of ether oxygens (including phenoxy) is 1. The molecule has 0 spiro atoms. The van der Waals surface area contributed by atoms with Crippen LogP contribution in [0.15, 0.2) is 72.8 Å². The number of nitrogens with zero attached hydrogens (tertiary/aromatic N) is 1. The zero-order chi connectivity index (χ0) is 26.1. The highest BCUT2D eigenvalue weighted by atomic mass is 35.5. The minimum atomic E-state index is -0.712. The van der Waals surface area contributed by atoms with Crippen molar-refractivity contribution in [2.45, 2.75) is 59.2 Å². The van der Waals surface area contributed by atoms with Crippen molar-refractivity contribution in [3.05, 3.63) is 100 Å². The minimum absolute atomic E-state index is 0.00888. The van der Waals surface area contributed by atoms with Crippen molar-refractivity contribution in [1.82, 2.24) is 10.2 Å². The average Bonchev–Trinajstić information content (AvgIpc) is 2.84. The number of carbonyl (C=O) groups excluding carboxylic acids is 2. The number of hydrogen-bond donors (Lipinski definition) is 1. The molecule has 0 aliphatic heterocycles. The second-order valence-electron chi connectivity index (χ2n) is 9.29. The molecule has 0 radical (unpaired) electrons. The molecule has 5 nitrogen and oxygen atoms in total. The molecule has 3 rings (SSSR count). The van der Waals surface area contributed by atoms with Crippen LogP contribution in [0.25, 0.3) is 0 Å². The second kappa shape index (κ2) is 13.1. The zero-order valence-corrected chi connectivity index (χ0v) is 22.2. The van der Waals surface area contributed by atoms with E-state index in [1.165, 1.54) is 0 Å². The highest BCUT2D eigenvalue weighted by Crippen LogP contribution is 2.20. The summed E-state index contributed by atoms with van der Waals surface area (Å²) in [5.41, 5.74) is 3.93. The molecule has 0 saturated carbocycles. The van der Waals surface area contributed by atoms with E-state index in [0.29, 0.717) is 17.2 Å². The summed E-state index contributed by atoms with van der Waals surface area (Å²) in [6.07, 6.45) is 1.18. The molecule has 190 valence electrons. The van der Waals surface area contributed by atoms with Crippen LogP contribution in [0.2, 0.25) is 5.02 Å². The van der Waals surface area contributed by atoms with Crippen LogP contribution in [0.3, 0.4) is 0 Å². The van der Waals surface area contributed by atoms with Crippen molar-refractivity contribution in [3.63, 3.8) is 0 Å². The van der Waals surface area contributed by atoms with Gasteiger partial charge < -0.3 is 15.0 Å². The monoisotopic (exact) mass is 506 g/mol. The van der Waals surface area contributed by atoms with E-state index >= 15 is 0 Å². The molecular formula is C30H35ClN2O3. The number of amides is 2. The first-order chi connectivity index (χ1) is 17.2. The molecule has 0 unspecified atom stereocenters. The Bertz CT molecular complexity index is 1150. The van der Waals surface area contributed by atoms with Crippen LogP contribution < -0.4 is 10.1 Å². The first-order valence-corrected chi connectivity index (χ1v) is 12.7. The molecule has 3 aromatic rings. The Morgan fingerprint density at radius 3 is 2.25 bits per heavy atom. The number of nitrogens with one attached hydrogen (secondary N) is 1. The highest BCUT2D eigenvalue weighted by Gasteiger charge is 2.31. The van der Waals surface area contributed by atoms with Gasteiger partial charge in [0.1, 0.15) is 11.8 Å². The van der Waals surface area contributed by atoms with Gasteiger partial charge in [-0.25, -0.2) is 0 Å². The van der Waals surface area contributed by atoms with Gasteiger partial charge in [0.15, 0.2) is 6.61 Å². The lowest BCUT2D eigenvalue weighted by Gasteiger charge is -2.32.